The second-order valence-corrected chi connectivity index (χ2v) is 8.94. The minimum absolute atomic E-state index is 0.0285. The summed E-state index contributed by atoms with van der Waals surface area (Å²) in [5.74, 6) is 0.184. The summed E-state index contributed by atoms with van der Waals surface area (Å²) >= 11 is 0. The van der Waals surface area contributed by atoms with E-state index in [1.165, 1.54) is 10.4 Å². The molecular formula is C24H26N2O4S. The molecule has 1 amide bonds. The van der Waals surface area contributed by atoms with Gasteiger partial charge in [-0.15, -0.1) is 0 Å². The van der Waals surface area contributed by atoms with Gasteiger partial charge in [-0.2, -0.15) is 0 Å². The van der Waals surface area contributed by atoms with Crippen LogP contribution >= 0.6 is 0 Å². The van der Waals surface area contributed by atoms with Gasteiger partial charge in [0.25, 0.3) is 15.9 Å². The molecule has 0 atom stereocenters. The average molecular weight is 439 g/mol. The molecule has 0 radical (unpaired) electrons. The highest BCUT2D eigenvalue weighted by Crippen LogP contribution is 2.28. The van der Waals surface area contributed by atoms with Crippen LogP contribution in [0, 0.1) is 13.8 Å². The Bertz CT molecular complexity index is 1160. The fourth-order valence-corrected chi connectivity index (χ4v) is 4.82. The zero-order chi connectivity index (χ0) is 22.4. The predicted octanol–water partition coefficient (Wildman–Crippen LogP) is 4.54. The van der Waals surface area contributed by atoms with Gasteiger partial charge in [-0.25, -0.2) is 8.42 Å². The van der Waals surface area contributed by atoms with Crippen LogP contribution < -0.4 is 14.4 Å². The Morgan fingerprint density at radius 2 is 1.65 bits per heavy atom. The first-order valence-corrected chi connectivity index (χ1v) is 11.4. The maximum Gasteiger partial charge on any atom is 0.266 e. The summed E-state index contributed by atoms with van der Waals surface area (Å²) in [7, 11) is -3.88. The minimum atomic E-state index is -3.88. The van der Waals surface area contributed by atoms with Crippen molar-refractivity contribution in [1.82, 2.24) is 0 Å². The summed E-state index contributed by atoms with van der Waals surface area (Å²) < 4.78 is 33.7. The molecule has 0 aromatic heterocycles. The first-order valence-electron chi connectivity index (χ1n) is 9.99. The van der Waals surface area contributed by atoms with Crippen molar-refractivity contribution in [2.24, 2.45) is 0 Å². The summed E-state index contributed by atoms with van der Waals surface area (Å²) in [4.78, 5) is 12.6. The highest BCUT2D eigenvalue weighted by atomic mass is 32.2. The number of hydrogen-bond donors (Lipinski definition) is 1. The first-order chi connectivity index (χ1) is 14.8. The molecule has 3 aromatic carbocycles. The molecule has 162 valence electrons. The molecule has 0 spiro atoms. The SMILES string of the molecule is CCN(c1ccccc1)S(=O)(=O)c1ccccc1NC(=O)COc1cc(C)ccc1C. The van der Waals surface area contributed by atoms with E-state index in [4.69, 9.17) is 4.74 Å². The lowest BCUT2D eigenvalue weighted by atomic mass is 10.1. The summed E-state index contributed by atoms with van der Waals surface area (Å²) in [6, 6.07) is 21.0. The van der Waals surface area contributed by atoms with Crippen molar-refractivity contribution in [1.29, 1.82) is 0 Å². The summed E-state index contributed by atoms with van der Waals surface area (Å²) in [6.07, 6.45) is 0. The molecule has 1 N–H and O–H groups in total. The van der Waals surface area contributed by atoms with Crippen LogP contribution in [0.1, 0.15) is 18.1 Å². The number of nitrogens with zero attached hydrogens (tertiary/aromatic N) is 1. The zero-order valence-corrected chi connectivity index (χ0v) is 18.6. The number of benzene rings is 3. The molecule has 0 aliphatic rings. The number of nitrogens with one attached hydrogen (secondary N) is 1. The Morgan fingerprint density at radius 1 is 0.968 bits per heavy atom. The average Bonchev–Trinajstić information content (AvgIpc) is 2.76. The lowest BCUT2D eigenvalue weighted by Gasteiger charge is -2.24. The molecule has 6 nitrogen and oxygen atoms in total. The van der Waals surface area contributed by atoms with Crippen LogP contribution in [-0.2, 0) is 14.8 Å². The van der Waals surface area contributed by atoms with E-state index in [-0.39, 0.29) is 23.7 Å². The predicted molar refractivity (Wildman–Crippen MR) is 123 cm³/mol. The zero-order valence-electron chi connectivity index (χ0n) is 17.8. The van der Waals surface area contributed by atoms with E-state index in [1.54, 1.807) is 49.4 Å². The van der Waals surface area contributed by atoms with E-state index >= 15 is 0 Å². The third kappa shape index (κ3) is 5.24. The van der Waals surface area contributed by atoms with Gasteiger partial charge in [0, 0.05) is 6.54 Å². The molecule has 0 saturated heterocycles. The Kier molecular flexibility index (Phi) is 6.97. The minimum Gasteiger partial charge on any atom is -0.483 e. The van der Waals surface area contributed by atoms with Crippen LogP contribution in [0.25, 0.3) is 0 Å². The van der Waals surface area contributed by atoms with Gasteiger partial charge in [-0.1, -0.05) is 42.5 Å². The number of carbonyl (C=O) groups excluding carboxylic acids is 1. The Balaban J connectivity index is 1.81. The lowest BCUT2D eigenvalue weighted by molar-refractivity contribution is -0.118. The number of sulfonamides is 1. The van der Waals surface area contributed by atoms with Gasteiger partial charge in [-0.05, 0) is 62.2 Å². The summed E-state index contributed by atoms with van der Waals surface area (Å²) in [5, 5.41) is 2.68. The Hall–Kier alpha value is -3.32. The van der Waals surface area contributed by atoms with Crippen LogP contribution in [-0.4, -0.2) is 27.5 Å². The van der Waals surface area contributed by atoms with Gasteiger partial charge in [0.05, 0.1) is 11.4 Å². The third-order valence-corrected chi connectivity index (χ3v) is 6.72. The fourth-order valence-electron chi connectivity index (χ4n) is 3.19. The molecule has 3 rings (SSSR count). The monoisotopic (exact) mass is 438 g/mol. The molecule has 0 aliphatic heterocycles. The van der Waals surface area contributed by atoms with Crippen molar-refractivity contribution in [3.8, 4) is 5.75 Å². The van der Waals surface area contributed by atoms with E-state index in [0.29, 0.717) is 11.4 Å². The quantitative estimate of drug-likeness (QED) is 0.560. The Labute approximate surface area is 183 Å². The number of amides is 1. The molecule has 0 aliphatic carbocycles. The van der Waals surface area contributed by atoms with Gasteiger partial charge < -0.3 is 10.1 Å². The van der Waals surface area contributed by atoms with E-state index in [9.17, 15) is 13.2 Å². The van der Waals surface area contributed by atoms with Crippen LogP contribution in [0.15, 0.2) is 77.7 Å². The second kappa shape index (κ2) is 9.66. The van der Waals surface area contributed by atoms with Crippen LogP contribution in [0.3, 0.4) is 0 Å². The van der Waals surface area contributed by atoms with E-state index in [1.807, 2.05) is 38.1 Å². The van der Waals surface area contributed by atoms with Gasteiger partial charge in [0.1, 0.15) is 10.6 Å². The lowest BCUT2D eigenvalue weighted by Crippen LogP contribution is -2.32. The molecule has 0 fully saturated rings. The number of anilines is 2. The molecule has 31 heavy (non-hydrogen) atoms. The van der Waals surface area contributed by atoms with Crippen LogP contribution in [0.5, 0.6) is 5.75 Å². The number of rotatable bonds is 8. The maximum atomic E-state index is 13.4. The summed E-state index contributed by atoms with van der Waals surface area (Å²) in [5.41, 5.74) is 2.72. The fraction of sp³-hybridized carbons (Fsp3) is 0.208. The number of para-hydroxylation sites is 2. The van der Waals surface area contributed by atoms with E-state index in [0.717, 1.165) is 11.1 Å². The van der Waals surface area contributed by atoms with Crippen LogP contribution in [0.4, 0.5) is 11.4 Å². The van der Waals surface area contributed by atoms with Crippen LogP contribution in [0.2, 0.25) is 0 Å². The molecule has 0 heterocycles. The Morgan fingerprint density at radius 3 is 2.35 bits per heavy atom. The number of carbonyl (C=O) groups is 1. The molecule has 7 heteroatoms. The van der Waals surface area contributed by atoms with Crippen molar-refractivity contribution in [3.63, 3.8) is 0 Å². The van der Waals surface area contributed by atoms with Crippen molar-refractivity contribution >= 4 is 27.3 Å². The standard InChI is InChI=1S/C24H26N2O4S/c1-4-26(20-10-6-5-7-11-20)31(28,29)23-13-9-8-12-21(23)25-24(27)17-30-22-16-18(2)14-15-19(22)3/h5-16H,4,17H2,1-3H3,(H,25,27). The number of ether oxygens (including phenoxy) is 1. The highest BCUT2D eigenvalue weighted by molar-refractivity contribution is 7.93. The molecule has 0 saturated carbocycles. The molecule has 0 unspecified atom stereocenters. The third-order valence-electron chi connectivity index (χ3n) is 4.76. The molecule has 3 aromatic rings. The molecule has 0 bridgehead atoms. The summed E-state index contributed by atoms with van der Waals surface area (Å²) in [6.45, 7) is 5.64. The van der Waals surface area contributed by atoms with Crippen molar-refractivity contribution < 1.29 is 17.9 Å². The first kappa shape index (κ1) is 22.4. The van der Waals surface area contributed by atoms with Gasteiger partial charge in [0.2, 0.25) is 0 Å². The van der Waals surface area contributed by atoms with E-state index in [2.05, 4.69) is 5.32 Å². The number of hydrogen-bond acceptors (Lipinski definition) is 4. The smallest absolute Gasteiger partial charge is 0.266 e. The molecular weight excluding hydrogens is 412 g/mol. The van der Waals surface area contributed by atoms with Gasteiger partial charge in [-0.3, -0.25) is 9.10 Å². The van der Waals surface area contributed by atoms with Crippen molar-refractivity contribution in [2.75, 3.05) is 22.8 Å². The van der Waals surface area contributed by atoms with Gasteiger partial charge >= 0.3 is 0 Å². The normalized spacial score (nSPS) is 11.1. The second-order valence-electron chi connectivity index (χ2n) is 7.11. The topological polar surface area (TPSA) is 75.7 Å². The van der Waals surface area contributed by atoms with E-state index < -0.39 is 15.9 Å². The largest absolute Gasteiger partial charge is 0.483 e. The highest BCUT2D eigenvalue weighted by Gasteiger charge is 2.26. The van der Waals surface area contributed by atoms with Crippen molar-refractivity contribution in [3.05, 3.63) is 83.9 Å². The maximum absolute atomic E-state index is 13.4. The van der Waals surface area contributed by atoms with Gasteiger partial charge in [0.15, 0.2) is 6.61 Å². The number of aryl methyl sites for hydroxylation is 2. The van der Waals surface area contributed by atoms with Crippen molar-refractivity contribution in [2.45, 2.75) is 25.7 Å².